The van der Waals surface area contributed by atoms with Crippen molar-refractivity contribution in [3.05, 3.63) is 72.1 Å². The Hall–Kier alpha value is -2.53. The van der Waals surface area contributed by atoms with E-state index in [0.717, 1.165) is 16.5 Å². The van der Waals surface area contributed by atoms with Gasteiger partial charge in [0.15, 0.2) is 5.16 Å². The van der Waals surface area contributed by atoms with Crippen LogP contribution in [0.5, 0.6) is 0 Å². The fourth-order valence-corrected chi connectivity index (χ4v) is 3.30. The maximum absolute atomic E-state index is 12.1. The molecule has 0 saturated heterocycles. The van der Waals surface area contributed by atoms with Gasteiger partial charge in [-0.1, -0.05) is 36.0 Å². The minimum absolute atomic E-state index is 0.0406. The number of aryl methyl sites for hydroxylation is 2. The molecule has 0 bridgehead atoms. The molecule has 24 heavy (non-hydrogen) atoms. The summed E-state index contributed by atoms with van der Waals surface area (Å²) < 4.78 is 2.01. The summed E-state index contributed by atoms with van der Waals surface area (Å²) in [5.74, 6) is 0.276. The number of nitrogens with zero attached hydrogens (tertiary/aromatic N) is 2. The monoisotopic (exact) mass is 337 g/mol. The molecular formula is C19H19N3OS. The molecule has 122 valence electrons. The average Bonchev–Trinajstić information content (AvgIpc) is 3.01. The lowest BCUT2D eigenvalue weighted by atomic mass is 10.1. The third-order valence-electron chi connectivity index (χ3n) is 3.48. The Balaban J connectivity index is 1.68. The van der Waals surface area contributed by atoms with Crippen LogP contribution in [0.4, 0.5) is 5.69 Å². The van der Waals surface area contributed by atoms with Crippen LogP contribution in [-0.4, -0.2) is 21.2 Å². The van der Waals surface area contributed by atoms with E-state index < -0.39 is 0 Å². The largest absolute Gasteiger partial charge is 0.325 e. The SMILES string of the molecule is Cc1cc(C)cc(-n2ccnc2SCC(=O)Nc2ccccc2)c1. The van der Waals surface area contributed by atoms with Gasteiger partial charge in [0.25, 0.3) is 0 Å². The summed E-state index contributed by atoms with van der Waals surface area (Å²) in [6, 6.07) is 15.8. The van der Waals surface area contributed by atoms with E-state index in [4.69, 9.17) is 0 Å². The Morgan fingerprint density at radius 1 is 1.12 bits per heavy atom. The Morgan fingerprint density at radius 3 is 2.54 bits per heavy atom. The summed E-state index contributed by atoms with van der Waals surface area (Å²) in [6.45, 7) is 4.15. The Kier molecular flexibility index (Phi) is 5.01. The molecule has 1 aromatic heterocycles. The Labute approximate surface area is 145 Å². The van der Waals surface area contributed by atoms with Crippen LogP contribution in [0.25, 0.3) is 5.69 Å². The third-order valence-corrected chi connectivity index (χ3v) is 4.45. The number of imidazole rings is 1. The Bertz CT molecular complexity index is 823. The Morgan fingerprint density at radius 2 is 1.83 bits per heavy atom. The van der Waals surface area contributed by atoms with Crippen molar-refractivity contribution in [2.45, 2.75) is 19.0 Å². The van der Waals surface area contributed by atoms with Crippen molar-refractivity contribution in [3.63, 3.8) is 0 Å². The standard InChI is InChI=1S/C19H19N3OS/c1-14-10-15(2)12-17(11-14)22-9-8-20-19(22)24-13-18(23)21-16-6-4-3-5-7-16/h3-12H,13H2,1-2H3,(H,21,23). The van der Waals surface area contributed by atoms with Gasteiger partial charge < -0.3 is 5.32 Å². The first-order valence-corrected chi connectivity index (χ1v) is 8.70. The number of thioether (sulfide) groups is 1. The lowest BCUT2D eigenvalue weighted by Crippen LogP contribution is -2.14. The molecule has 1 amide bonds. The second-order valence-corrected chi connectivity index (χ2v) is 6.57. The minimum atomic E-state index is -0.0406. The van der Waals surface area contributed by atoms with E-state index in [1.54, 1.807) is 6.20 Å². The molecule has 0 atom stereocenters. The van der Waals surface area contributed by atoms with Crippen molar-refractivity contribution in [2.24, 2.45) is 0 Å². The van der Waals surface area contributed by atoms with Gasteiger partial charge >= 0.3 is 0 Å². The van der Waals surface area contributed by atoms with Crippen molar-refractivity contribution in [3.8, 4) is 5.69 Å². The highest BCUT2D eigenvalue weighted by atomic mass is 32.2. The van der Waals surface area contributed by atoms with E-state index >= 15 is 0 Å². The van der Waals surface area contributed by atoms with E-state index in [0.29, 0.717) is 5.75 Å². The molecule has 5 heteroatoms. The number of carbonyl (C=O) groups excluding carboxylic acids is 1. The lowest BCUT2D eigenvalue weighted by molar-refractivity contribution is -0.113. The van der Waals surface area contributed by atoms with E-state index in [9.17, 15) is 4.79 Å². The molecule has 3 aromatic rings. The number of anilines is 1. The third kappa shape index (κ3) is 4.06. The van der Waals surface area contributed by atoms with Gasteiger partial charge in [-0.15, -0.1) is 0 Å². The molecule has 1 heterocycles. The number of benzene rings is 2. The molecule has 0 aliphatic heterocycles. The van der Waals surface area contributed by atoms with Crippen molar-refractivity contribution >= 4 is 23.4 Å². The number of rotatable bonds is 5. The zero-order valence-electron chi connectivity index (χ0n) is 13.7. The molecule has 4 nitrogen and oxygen atoms in total. The number of nitrogens with one attached hydrogen (secondary N) is 1. The topological polar surface area (TPSA) is 46.9 Å². The van der Waals surface area contributed by atoms with Gasteiger partial charge in [0, 0.05) is 23.8 Å². The summed E-state index contributed by atoms with van der Waals surface area (Å²) >= 11 is 1.43. The maximum Gasteiger partial charge on any atom is 0.234 e. The molecular weight excluding hydrogens is 318 g/mol. The summed E-state index contributed by atoms with van der Waals surface area (Å²) in [6.07, 6.45) is 3.68. The molecule has 0 spiro atoms. The fourth-order valence-electron chi connectivity index (χ4n) is 2.53. The normalized spacial score (nSPS) is 10.6. The number of para-hydroxylation sites is 1. The first kappa shape index (κ1) is 16.3. The van der Waals surface area contributed by atoms with Crippen LogP contribution < -0.4 is 5.32 Å². The molecule has 0 fully saturated rings. The van der Waals surface area contributed by atoms with Gasteiger partial charge in [-0.25, -0.2) is 4.98 Å². The van der Waals surface area contributed by atoms with Crippen LogP contribution in [0.15, 0.2) is 66.1 Å². The zero-order valence-corrected chi connectivity index (χ0v) is 14.5. The summed E-state index contributed by atoms with van der Waals surface area (Å²) in [7, 11) is 0. The molecule has 1 N–H and O–H groups in total. The number of hydrogen-bond donors (Lipinski definition) is 1. The fraction of sp³-hybridized carbons (Fsp3) is 0.158. The van der Waals surface area contributed by atoms with E-state index in [2.05, 4.69) is 42.3 Å². The zero-order chi connectivity index (χ0) is 16.9. The molecule has 2 aromatic carbocycles. The molecule has 0 radical (unpaired) electrons. The minimum Gasteiger partial charge on any atom is -0.325 e. The van der Waals surface area contributed by atoms with Gasteiger partial charge in [0.05, 0.1) is 5.75 Å². The summed E-state index contributed by atoms with van der Waals surface area (Å²) in [5.41, 5.74) is 4.28. The number of amides is 1. The summed E-state index contributed by atoms with van der Waals surface area (Å²) in [4.78, 5) is 16.5. The van der Waals surface area contributed by atoms with E-state index in [1.165, 1.54) is 22.9 Å². The molecule has 0 aliphatic rings. The first-order valence-electron chi connectivity index (χ1n) is 7.71. The number of hydrogen-bond acceptors (Lipinski definition) is 3. The second kappa shape index (κ2) is 7.36. The van der Waals surface area contributed by atoms with Gasteiger partial charge in [0.1, 0.15) is 0 Å². The van der Waals surface area contributed by atoms with Gasteiger partial charge in [-0.3, -0.25) is 9.36 Å². The van der Waals surface area contributed by atoms with Crippen LogP contribution >= 0.6 is 11.8 Å². The predicted molar refractivity (Wildman–Crippen MR) is 98.8 cm³/mol. The lowest BCUT2D eigenvalue weighted by Gasteiger charge is -2.10. The van der Waals surface area contributed by atoms with Gasteiger partial charge in [0.2, 0.25) is 5.91 Å². The quantitative estimate of drug-likeness (QED) is 0.709. The maximum atomic E-state index is 12.1. The van der Waals surface area contributed by atoms with E-state index in [1.807, 2.05) is 41.1 Å². The van der Waals surface area contributed by atoms with Gasteiger partial charge in [-0.05, 0) is 49.2 Å². The molecule has 0 unspecified atom stereocenters. The van der Waals surface area contributed by atoms with Crippen LogP contribution in [0, 0.1) is 13.8 Å². The predicted octanol–water partition coefficient (Wildman–Crippen LogP) is 4.22. The van der Waals surface area contributed by atoms with Crippen molar-refractivity contribution in [2.75, 3.05) is 11.1 Å². The van der Waals surface area contributed by atoms with Crippen LogP contribution in [0.2, 0.25) is 0 Å². The second-order valence-electron chi connectivity index (χ2n) is 5.63. The van der Waals surface area contributed by atoms with Crippen molar-refractivity contribution in [1.82, 2.24) is 9.55 Å². The highest BCUT2D eigenvalue weighted by Crippen LogP contribution is 2.22. The molecule has 0 aliphatic carbocycles. The summed E-state index contributed by atoms with van der Waals surface area (Å²) in [5, 5.41) is 3.69. The number of aromatic nitrogens is 2. The highest BCUT2D eigenvalue weighted by molar-refractivity contribution is 7.99. The van der Waals surface area contributed by atoms with Crippen LogP contribution in [0.1, 0.15) is 11.1 Å². The van der Waals surface area contributed by atoms with Crippen molar-refractivity contribution in [1.29, 1.82) is 0 Å². The van der Waals surface area contributed by atoms with Crippen LogP contribution in [0.3, 0.4) is 0 Å². The van der Waals surface area contributed by atoms with Crippen LogP contribution in [-0.2, 0) is 4.79 Å². The number of carbonyl (C=O) groups is 1. The average molecular weight is 337 g/mol. The highest BCUT2D eigenvalue weighted by Gasteiger charge is 2.10. The molecule has 0 saturated carbocycles. The molecule has 3 rings (SSSR count). The first-order chi connectivity index (χ1) is 11.6. The van der Waals surface area contributed by atoms with E-state index in [-0.39, 0.29) is 5.91 Å². The van der Waals surface area contributed by atoms with Crippen molar-refractivity contribution < 1.29 is 4.79 Å². The van der Waals surface area contributed by atoms with Gasteiger partial charge in [-0.2, -0.15) is 0 Å². The smallest absolute Gasteiger partial charge is 0.234 e.